The maximum Gasteiger partial charge on any atom is 0.227 e. The predicted molar refractivity (Wildman–Crippen MR) is 233 cm³/mol. The van der Waals surface area contributed by atoms with Gasteiger partial charge in [0.25, 0.3) is 0 Å². The highest BCUT2D eigenvalue weighted by molar-refractivity contribution is 7.26. The normalized spacial score (nSPS) is 12.0. The van der Waals surface area contributed by atoms with Crippen molar-refractivity contribution in [1.29, 1.82) is 0 Å². The molecule has 8 aromatic carbocycles. The molecule has 55 heavy (non-hydrogen) atoms. The van der Waals surface area contributed by atoms with Crippen molar-refractivity contribution in [2.45, 2.75) is 0 Å². The Labute approximate surface area is 322 Å². The van der Waals surface area contributed by atoms with E-state index in [2.05, 4.69) is 132 Å². The Morgan fingerprint density at radius 1 is 0.436 bits per heavy atom. The second kappa shape index (κ2) is 11.9. The van der Waals surface area contributed by atoms with E-state index in [1.165, 1.54) is 35.0 Å². The molecule has 4 nitrogen and oxygen atoms in total. The van der Waals surface area contributed by atoms with Gasteiger partial charge in [-0.15, -0.1) is 22.7 Å². The third-order valence-corrected chi connectivity index (χ3v) is 13.1. The summed E-state index contributed by atoms with van der Waals surface area (Å²) in [5.41, 5.74) is 9.92. The molecule has 0 saturated carbocycles. The van der Waals surface area contributed by atoms with Crippen LogP contribution in [0.4, 0.5) is 17.1 Å². The van der Waals surface area contributed by atoms with E-state index in [1.54, 1.807) is 11.3 Å². The van der Waals surface area contributed by atoms with Crippen LogP contribution < -0.4 is 4.90 Å². The van der Waals surface area contributed by atoms with Crippen molar-refractivity contribution in [2.75, 3.05) is 4.90 Å². The number of oxazole rings is 1. The van der Waals surface area contributed by atoms with Crippen LogP contribution in [0.1, 0.15) is 0 Å². The van der Waals surface area contributed by atoms with Gasteiger partial charge in [0.1, 0.15) is 16.7 Å². The summed E-state index contributed by atoms with van der Waals surface area (Å²) in [5, 5.41) is 7.05. The fourth-order valence-electron chi connectivity index (χ4n) is 8.13. The van der Waals surface area contributed by atoms with Crippen molar-refractivity contribution in [2.24, 2.45) is 0 Å². The van der Waals surface area contributed by atoms with E-state index in [-0.39, 0.29) is 0 Å². The van der Waals surface area contributed by atoms with Crippen LogP contribution in [0.25, 0.3) is 96.0 Å². The maximum absolute atomic E-state index is 6.56. The molecule has 0 aliphatic heterocycles. The number of hydrogen-bond donors (Lipinski definition) is 0. The number of anilines is 3. The SMILES string of the molecule is c1ccc(-c2nc3cc(-c4ccc(N(c5ccc6oc7ccccc7c6c5)c5ccc6sc7ccccc7c6c5)cc4)c4sc5ccccc5c4c3o2)cc1. The molecule has 0 N–H and O–H groups in total. The van der Waals surface area contributed by atoms with Crippen molar-refractivity contribution in [3.05, 3.63) is 170 Å². The van der Waals surface area contributed by atoms with E-state index in [0.717, 1.165) is 72.2 Å². The van der Waals surface area contributed by atoms with Crippen LogP contribution in [0, 0.1) is 0 Å². The summed E-state index contributed by atoms with van der Waals surface area (Å²) in [6, 6.07) is 60.2. The van der Waals surface area contributed by atoms with Gasteiger partial charge in [0.15, 0.2) is 5.58 Å². The summed E-state index contributed by atoms with van der Waals surface area (Å²) in [6.45, 7) is 0. The first-order chi connectivity index (χ1) is 27.2. The number of rotatable bonds is 5. The summed E-state index contributed by atoms with van der Waals surface area (Å²) >= 11 is 3.65. The molecular formula is C49H28N2O2S2. The number of thiophene rings is 2. The molecule has 0 amide bonds. The Morgan fingerprint density at radius 3 is 1.91 bits per heavy atom. The number of furan rings is 1. The second-order valence-corrected chi connectivity index (χ2v) is 16.0. The van der Waals surface area contributed by atoms with E-state index >= 15 is 0 Å². The Bertz CT molecular complexity index is 3330. The molecular weight excluding hydrogens is 713 g/mol. The molecule has 0 unspecified atom stereocenters. The zero-order chi connectivity index (χ0) is 36.0. The molecule has 0 bridgehead atoms. The van der Waals surface area contributed by atoms with Gasteiger partial charge in [0, 0.05) is 79.3 Å². The van der Waals surface area contributed by atoms with Gasteiger partial charge in [-0.3, -0.25) is 0 Å². The molecule has 0 aliphatic carbocycles. The van der Waals surface area contributed by atoms with Crippen molar-refractivity contribution in [3.8, 4) is 22.6 Å². The van der Waals surface area contributed by atoms with Gasteiger partial charge in [-0.05, 0) is 90.5 Å². The van der Waals surface area contributed by atoms with Crippen molar-refractivity contribution in [3.63, 3.8) is 0 Å². The minimum Gasteiger partial charge on any atom is -0.456 e. The molecule has 258 valence electrons. The van der Waals surface area contributed by atoms with Crippen LogP contribution in [0.15, 0.2) is 179 Å². The lowest BCUT2D eigenvalue weighted by atomic mass is 10.0. The zero-order valence-corrected chi connectivity index (χ0v) is 30.8. The molecule has 4 heterocycles. The monoisotopic (exact) mass is 740 g/mol. The number of nitrogens with zero attached hydrogens (tertiary/aromatic N) is 2. The summed E-state index contributed by atoms with van der Waals surface area (Å²) in [5.74, 6) is 0.632. The first kappa shape index (κ1) is 30.7. The average molecular weight is 741 g/mol. The lowest BCUT2D eigenvalue weighted by Crippen LogP contribution is -2.09. The molecule has 6 heteroatoms. The van der Waals surface area contributed by atoms with Crippen LogP contribution in [0.3, 0.4) is 0 Å². The van der Waals surface area contributed by atoms with Gasteiger partial charge in [-0.2, -0.15) is 0 Å². The fraction of sp³-hybridized carbons (Fsp3) is 0. The topological polar surface area (TPSA) is 42.4 Å². The Hall–Kier alpha value is -6.73. The third-order valence-electron chi connectivity index (χ3n) is 10.7. The summed E-state index contributed by atoms with van der Waals surface area (Å²) in [4.78, 5) is 7.40. The maximum atomic E-state index is 6.56. The van der Waals surface area contributed by atoms with Crippen LogP contribution >= 0.6 is 22.7 Å². The van der Waals surface area contributed by atoms with Crippen molar-refractivity contribution < 1.29 is 8.83 Å². The largest absolute Gasteiger partial charge is 0.456 e. The van der Waals surface area contributed by atoms with E-state index in [4.69, 9.17) is 13.8 Å². The molecule has 12 rings (SSSR count). The first-order valence-corrected chi connectivity index (χ1v) is 19.9. The molecule has 12 aromatic rings. The standard InChI is InChI=1S/C49H28N2O2S2/c1-2-10-30(11-3-1)49-50-40-28-37(48-46(47(40)53-49)36-14-6-9-17-44(36)55-48)29-18-20-31(21-19-29)51(32-22-24-42-38(26-32)34-12-4-7-15-41(34)52-42)33-23-25-45-39(27-33)35-13-5-8-16-43(35)54-45/h1-28H. The number of aromatic nitrogens is 1. The quantitative estimate of drug-likeness (QED) is 0.176. The molecule has 0 fully saturated rings. The number of para-hydroxylation sites is 1. The highest BCUT2D eigenvalue weighted by Gasteiger charge is 2.21. The average Bonchev–Trinajstić information content (AvgIpc) is 4.02. The van der Waals surface area contributed by atoms with Crippen LogP contribution in [-0.4, -0.2) is 4.98 Å². The predicted octanol–water partition coefficient (Wildman–Crippen LogP) is 15.3. The van der Waals surface area contributed by atoms with E-state index < -0.39 is 0 Å². The van der Waals surface area contributed by atoms with Gasteiger partial charge >= 0.3 is 0 Å². The lowest BCUT2D eigenvalue weighted by Gasteiger charge is -2.26. The lowest BCUT2D eigenvalue weighted by molar-refractivity contribution is 0.623. The van der Waals surface area contributed by atoms with Gasteiger partial charge < -0.3 is 13.7 Å². The van der Waals surface area contributed by atoms with E-state index in [1.807, 2.05) is 53.8 Å². The van der Waals surface area contributed by atoms with Crippen molar-refractivity contribution in [1.82, 2.24) is 4.98 Å². The molecule has 4 aromatic heterocycles. The second-order valence-electron chi connectivity index (χ2n) is 13.9. The Balaban J connectivity index is 1.05. The first-order valence-electron chi connectivity index (χ1n) is 18.3. The van der Waals surface area contributed by atoms with Crippen LogP contribution in [0.5, 0.6) is 0 Å². The minimum absolute atomic E-state index is 0.632. The van der Waals surface area contributed by atoms with Crippen LogP contribution in [0.2, 0.25) is 0 Å². The summed E-state index contributed by atoms with van der Waals surface area (Å²) in [7, 11) is 0. The third kappa shape index (κ3) is 4.79. The zero-order valence-electron chi connectivity index (χ0n) is 29.2. The summed E-state index contributed by atoms with van der Waals surface area (Å²) in [6.07, 6.45) is 0. The van der Waals surface area contributed by atoms with Crippen LogP contribution in [-0.2, 0) is 0 Å². The highest BCUT2D eigenvalue weighted by Crippen LogP contribution is 2.47. The fourth-order valence-corrected chi connectivity index (χ4v) is 10.5. The molecule has 0 spiro atoms. The van der Waals surface area contributed by atoms with E-state index in [9.17, 15) is 0 Å². The number of benzene rings is 8. The molecule has 0 aliphatic rings. The van der Waals surface area contributed by atoms with Gasteiger partial charge in [0.2, 0.25) is 5.89 Å². The molecule has 0 atom stereocenters. The number of fused-ring (bicyclic) bond motifs is 11. The summed E-state index contributed by atoms with van der Waals surface area (Å²) < 4.78 is 17.8. The molecule has 0 radical (unpaired) electrons. The minimum atomic E-state index is 0.632. The smallest absolute Gasteiger partial charge is 0.227 e. The Morgan fingerprint density at radius 2 is 1.07 bits per heavy atom. The van der Waals surface area contributed by atoms with Gasteiger partial charge in [-0.25, -0.2) is 4.98 Å². The van der Waals surface area contributed by atoms with Crippen molar-refractivity contribution >= 4 is 113 Å². The Kier molecular flexibility index (Phi) is 6.64. The van der Waals surface area contributed by atoms with Gasteiger partial charge in [0.05, 0.1) is 0 Å². The van der Waals surface area contributed by atoms with E-state index in [0.29, 0.717) is 5.89 Å². The molecule has 0 saturated heterocycles. The van der Waals surface area contributed by atoms with Gasteiger partial charge in [-0.1, -0.05) is 84.9 Å². The number of hydrogen-bond acceptors (Lipinski definition) is 6. The highest BCUT2D eigenvalue weighted by atomic mass is 32.1.